The van der Waals surface area contributed by atoms with E-state index in [9.17, 15) is 5.26 Å². The van der Waals surface area contributed by atoms with E-state index in [4.69, 9.17) is 9.97 Å². The highest BCUT2D eigenvalue weighted by Crippen LogP contribution is 2.55. The molecule has 7 rings (SSSR count). The smallest absolute Gasteiger partial charge is 0.225 e. The molecule has 188 valence electrons. The average Bonchev–Trinajstić information content (AvgIpc) is 3.56. The van der Waals surface area contributed by atoms with E-state index < -0.39 is 0 Å². The number of benzene rings is 1. The minimum absolute atomic E-state index is 0.149. The summed E-state index contributed by atoms with van der Waals surface area (Å²) in [4.78, 5) is 12.5. The van der Waals surface area contributed by atoms with Crippen molar-refractivity contribution in [2.45, 2.75) is 69.1 Å². The molecule has 3 saturated heterocycles. The van der Waals surface area contributed by atoms with E-state index in [0.717, 1.165) is 65.0 Å². The van der Waals surface area contributed by atoms with Crippen molar-refractivity contribution in [3.05, 3.63) is 42.4 Å². The Balaban J connectivity index is 1.20. The van der Waals surface area contributed by atoms with Gasteiger partial charge in [0, 0.05) is 59.6 Å². The predicted octanol–water partition coefficient (Wildman–Crippen LogP) is 4.27. The van der Waals surface area contributed by atoms with E-state index in [-0.39, 0.29) is 5.54 Å². The molecule has 0 radical (unpaired) electrons. The minimum atomic E-state index is 0.149. The van der Waals surface area contributed by atoms with Gasteiger partial charge in [-0.2, -0.15) is 20.4 Å². The number of aryl methyl sites for hydroxylation is 2. The first-order chi connectivity index (χ1) is 18.0. The molecule has 3 aliphatic heterocycles. The van der Waals surface area contributed by atoms with Crippen LogP contribution in [0.3, 0.4) is 0 Å². The highest BCUT2D eigenvalue weighted by Gasteiger charge is 2.60. The third-order valence-corrected chi connectivity index (χ3v) is 8.44. The molecule has 4 aromatic rings. The van der Waals surface area contributed by atoms with Gasteiger partial charge in [-0.25, -0.2) is 4.98 Å². The second-order valence-electron chi connectivity index (χ2n) is 10.9. The minimum Gasteiger partial charge on any atom is -0.351 e. The SMILES string of the molecule is Cc1cc(Nc2nc(N[C@H]3C[C@@H]4CCC5(CC#N)C[C@H](C3)N45)nc3cc(-c4cnn(C)c4)ccc23)n[nH]1. The molecule has 3 N–H and O–H groups in total. The molecule has 0 amide bonds. The third-order valence-electron chi connectivity index (χ3n) is 8.44. The number of anilines is 3. The number of hydrogen-bond donors (Lipinski definition) is 3. The Labute approximate surface area is 215 Å². The number of fused-ring (bicyclic) bond motifs is 1. The molecule has 0 aliphatic carbocycles. The maximum atomic E-state index is 9.34. The molecule has 1 unspecified atom stereocenters. The molecular weight excluding hydrogens is 464 g/mol. The summed E-state index contributed by atoms with van der Waals surface area (Å²) >= 11 is 0. The monoisotopic (exact) mass is 494 g/mol. The Hall–Kier alpha value is -3.97. The summed E-state index contributed by atoms with van der Waals surface area (Å²) in [5.74, 6) is 2.08. The van der Waals surface area contributed by atoms with Gasteiger partial charge in [0.05, 0.1) is 24.2 Å². The van der Waals surface area contributed by atoms with E-state index in [0.29, 0.717) is 30.5 Å². The van der Waals surface area contributed by atoms with Gasteiger partial charge < -0.3 is 10.6 Å². The summed E-state index contributed by atoms with van der Waals surface area (Å²) in [7, 11) is 1.92. The molecule has 6 heterocycles. The Morgan fingerprint density at radius 2 is 2.08 bits per heavy atom. The predicted molar refractivity (Wildman–Crippen MR) is 141 cm³/mol. The van der Waals surface area contributed by atoms with Gasteiger partial charge in [0.2, 0.25) is 5.95 Å². The van der Waals surface area contributed by atoms with Crippen molar-refractivity contribution in [2.75, 3.05) is 10.6 Å². The standard InChI is InChI=1S/C27H30N10/c1-16-9-24(35-34-16)32-25-22-4-3-17(18-14-29-36(2)15-18)10-23(22)31-26(33-25)30-19-11-20-5-6-27(7-8-28)13-21(12-19)37(20)27/h3-4,9-10,14-15,19-21H,5-7,11-13H2,1-2H3,(H3,30,31,32,33,34,35)/t19-,20-,21-,27?/m0/s1. The van der Waals surface area contributed by atoms with E-state index in [2.05, 4.69) is 55.1 Å². The zero-order valence-electron chi connectivity index (χ0n) is 21.1. The van der Waals surface area contributed by atoms with Crippen LogP contribution >= 0.6 is 0 Å². The van der Waals surface area contributed by atoms with E-state index >= 15 is 0 Å². The lowest BCUT2D eigenvalue weighted by Gasteiger charge is -2.59. The first-order valence-corrected chi connectivity index (χ1v) is 13.0. The number of nitriles is 1. The lowest BCUT2D eigenvalue weighted by Crippen LogP contribution is -2.68. The summed E-state index contributed by atoms with van der Waals surface area (Å²) in [5, 5.41) is 29.0. The summed E-state index contributed by atoms with van der Waals surface area (Å²) in [6.07, 6.45) is 10.1. The topological polar surface area (TPSA) is 123 Å². The average molecular weight is 495 g/mol. The van der Waals surface area contributed by atoms with E-state index in [1.807, 2.05) is 32.4 Å². The molecule has 0 bridgehead atoms. The normalized spacial score (nSPS) is 26.5. The number of nitrogens with one attached hydrogen (secondary N) is 3. The molecule has 3 aromatic heterocycles. The number of aromatic nitrogens is 6. The second-order valence-corrected chi connectivity index (χ2v) is 10.9. The second kappa shape index (κ2) is 8.28. The number of H-pyrrole nitrogens is 1. The molecule has 0 spiro atoms. The summed E-state index contributed by atoms with van der Waals surface area (Å²) in [6, 6.07) is 12.0. The third kappa shape index (κ3) is 3.73. The van der Waals surface area contributed by atoms with Gasteiger partial charge in [-0.1, -0.05) is 6.07 Å². The fourth-order valence-corrected chi connectivity index (χ4v) is 6.93. The highest BCUT2D eigenvalue weighted by atomic mass is 15.4. The first kappa shape index (κ1) is 22.2. The van der Waals surface area contributed by atoms with Crippen LogP contribution in [-0.4, -0.2) is 58.5 Å². The molecule has 1 aromatic carbocycles. The fraction of sp³-hybridized carbons (Fsp3) is 0.444. The van der Waals surface area contributed by atoms with Crippen LogP contribution in [0.25, 0.3) is 22.0 Å². The molecule has 0 saturated carbocycles. The van der Waals surface area contributed by atoms with Gasteiger partial charge in [0.1, 0.15) is 5.82 Å². The van der Waals surface area contributed by atoms with Crippen molar-refractivity contribution in [3.8, 4) is 17.2 Å². The number of hydrogen-bond acceptors (Lipinski definition) is 8. The van der Waals surface area contributed by atoms with Crippen LogP contribution in [0.2, 0.25) is 0 Å². The van der Waals surface area contributed by atoms with Crippen molar-refractivity contribution in [3.63, 3.8) is 0 Å². The summed E-state index contributed by atoms with van der Waals surface area (Å²) in [5.41, 5.74) is 4.11. The summed E-state index contributed by atoms with van der Waals surface area (Å²) < 4.78 is 1.81. The van der Waals surface area contributed by atoms with Crippen molar-refractivity contribution < 1.29 is 0 Å². The molecule has 10 nitrogen and oxygen atoms in total. The van der Waals surface area contributed by atoms with Crippen LogP contribution < -0.4 is 10.6 Å². The number of nitrogens with zero attached hydrogens (tertiary/aromatic N) is 7. The van der Waals surface area contributed by atoms with Gasteiger partial charge in [-0.05, 0) is 56.7 Å². The van der Waals surface area contributed by atoms with Crippen LogP contribution in [0.5, 0.6) is 0 Å². The zero-order chi connectivity index (χ0) is 25.1. The van der Waals surface area contributed by atoms with Crippen LogP contribution in [0.15, 0.2) is 36.7 Å². The quantitative estimate of drug-likeness (QED) is 0.363. The van der Waals surface area contributed by atoms with Crippen molar-refractivity contribution in [1.82, 2.24) is 34.8 Å². The largest absolute Gasteiger partial charge is 0.351 e. The maximum absolute atomic E-state index is 9.34. The van der Waals surface area contributed by atoms with Gasteiger partial charge >= 0.3 is 0 Å². The van der Waals surface area contributed by atoms with Gasteiger partial charge in [0.15, 0.2) is 5.82 Å². The molecule has 10 heteroatoms. The fourth-order valence-electron chi connectivity index (χ4n) is 6.93. The molecule has 37 heavy (non-hydrogen) atoms. The molecule has 4 atom stereocenters. The highest BCUT2D eigenvalue weighted by molar-refractivity contribution is 5.94. The van der Waals surface area contributed by atoms with E-state index in [1.165, 1.54) is 6.42 Å². The first-order valence-electron chi connectivity index (χ1n) is 13.0. The lowest BCUT2D eigenvalue weighted by atomic mass is 9.72. The van der Waals surface area contributed by atoms with Gasteiger partial charge in [-0.15, -0.1) is 0 Å². The maximum Gasteiger partial charge on any atom is 0.225 e. The van der Waals surface area contributed by atoms with Crippen LogP contribution in [0.4, 0.5) is 17.6 Å². The Bertz CT molecular complexity index is 1530. The number of rotatable bonds is 6. The van der Waals surface area contributed by atoms with Crippen LogP contribution in [0, 0.1) is 18.3 Å². The van der Waals surface area contributed by atoms with Crippen molar-refractivity contribution in [1.29, 1.82) is 5.26 Å². The molecular formula is C27H30N10. The lowest BCUT2D eigenvalue weighted by molar-refractivity contribution is -0.0880. The number of piperidine rings is 1. The number of aromatic amines is 1. The van der Waals surface area contributed by atoms with Gasteiger partial charge in [0.25, 0.3) is 0 Å². The zero-order valence-corrected chi connectivity index (χ0v) is 21.1. The summed E-state index contributed by atoms with van der Waals surface area (Å²) in [6.45, 7) is 1.98. The Morgan fingerprint density at radius 3 is 2.86 bits per heavy atom. The molecule has 3 fully saturated rings. The van der Waals surface area contributed by atoms with Crippen LogP contribution in [0.1, 0.15) is 44.2 Å². The van der Waals surface area contributed by atoms with Crippen molar-refractivity contribution >= 4 is 28.5 Å². The molecule has 3 aliphatic rings. The Morgan fingerprint density at radius 1 is 1.19 bits per heavy atom. The van der Waals surface area contributed by atoms with Gasteiger partial charge in [-0.3, -0.25) is 14.7 Å². The van der Waals surface area contributed by atoms with Crippen LogP contribution in [-0.2, 0) is 7.05 Å². The Kier molecular flexibility index (Phi) is 4.98. The van der Waals surface area contributed by atoms with E-state index in [1.54, 1.807) is 4.68 Å². The van der Waals surface area contributed by atoms with Crippen molar-refractivity contribution in [2.24, 2.45) is 7.05 Å².